The molecule has 0 aliphatic carbocycles. The standard InChI is InChI=1S/C15H22O/c1-12(2)6-5-8-14-11-10-13-7-3-4-9-15(13)16-14/h3-4,7,9,12,14H,5-6,8,10-11H2,1-2H3/t14-/m1/s1. The first-order valence-electron chi connectivity index (χ1n) is 6.50. The maximum atomic E-state index is 6.01. The minimum absolute atomic E-state index is 0.452. The molecule has 2 rings (SSSR count). The molecule has 0 saturated carbocycles. The average Bonchev–Trinajstić information content (AvgIpc) is 2.28. The van der Waals surface area contributed by atoms with E-state index in [0.29, 0.717) is 6.10 Å². The van der Waals surface area contributed by atoms with Crippen molar-refractivity contribution in [3.05, 3.63) is 29.8 Å². The van der Waals surface area contributed by atoms with Crippen LogP contribution in [-0.4, -0.2) is 6.10 Å². The predicted octanol–water partition coefficient (Wildman–Crippen LogP) is 4.21. The van der Waals surface area contributed by atoms with Gasteiger partial charge in [0.1, 0.15) is 5.75 Å². The lowest BCUT2D eigenvalue weighted by Crippen LogP contribution is -2.22. The third-order valence-electron chi connectivity index (χ3n) is 3.31. The zero-order valence-corrected chi connectivity index (χ0v) is 10.4. The Hall–Kier alpha value is -0.980. The lowest BCUT2D eigenvalue weighted by atomic mass is 9.97. The van der Waals surface area contributed by atoms with E-state index < -0.39 is 0 Å². The quantitative estimate of drug-likeness (QED) is 0.735. The topological polar surface area (TPSA) is 9.23 Å². The summed E-state index contributed by atoms with van der Waals surface area (Å²) in [6, 6.07) is 8.44. The summed E-state index contributed by atoms with van der Waals surface area (Å²) in [5.41, 5.74) is 1.38. The van der Waals surface area contributed by atoms with E-state index in [2.05, 4.69) is 38.1 Å². The molecule has 0 saturated heterocycles. The van der Waals surface area contributed by atoms with Crippen LogP contribution < -0.4 is 4.74 Å². The first-order chi connectivity index (χ1) is 7.75. The van der Waals surface area contributed by atoms with Gasteiger partial charge in [0.2, 0.25) is 0 Å². The van der Waals surface area contributed by atoms with Crippen LogP contribution in [0, 0.1) is 5.92 Å². The second kappa shape index (κ2) is 5.38. The molecular formula is C15H22O. The number of benzene rings is 1. The van der Waals surface area contributed by atoms with Crippen molar-refractivity contribution in [2.45, 2.75) is 52.1 Å². The maximum absolute atomic E-state index is 6.01. The van der Waals surface area contributed by atoms with Crippen molar-refractivity contribution in [3.8, 4) is 5.75 Å². The normalized spacial score (nSPS) is 19.3. The Kier molecular flexibility index (Phi) is 3.87. The summed E-state index contributed by atoms with van der Waals surface area (Å²) in [5, 5.41) is 0. The molecule has 1 nitrogen and oxygen atoms in total. The zero-order chi connectivity index (χ0) is 11.4. The van der Waals surface area contributed by atoms with Gasteiger partial charge in [-0.15, -0.1) is 0 Å². The number of hydrogen-bond donors (Lipinski definition) is 0. The molecule has 88 valence electrons. The Morgan fingerprint density at radius 1 is 1.31 bits per heavy atom. The molecule has 1 aliphatic rings. The lowest BCUT2D eigenvalue weighted by molar-refractivity contribution is 0.159. The smallest absolute Gasteiger partial charge is 0.122 e. The first kappa shape index (κ1) is 11.5. The minimum Gasteiger partial charge on any atom is -0.490 e. The Balaban J connectivity index is 1.83. The predicted molar refractivity (Wildman–Crippen MR) is 67.9 cm³/mol. The SMILES string of the molecule is CC(C)CCC[C@@H]1CCc2ccccc2O1. The summed E-state index contributed by atoms with van der Waals surface area (Å²) < 4.78 is 6.01. The number of rotatable bonds is 4. The molecule has 1 heterocycles. The number of hydrogen-bond acceptors (Lipinski definition) is 1. The zero-order valence-electron chi connectivity index (χ0n) is 10.4. The first-order valence-corrected chi connectivity index (χ1v) is 6.50. The van der Waals surface area contributed by atoms with E-state index in [-0.39, 0.29) is 0 Å². The van der Waals surface area contributed by atoms with Gasteiger partial charge in [-0.2, -0.15) is 0 Å². The molecule has 1 aromatic carbocycles. The summed E-state index contributed by atoms with van der Waals surface area (Å²) >= 11 is 0. The van der Waals surface area contributed by atoms with Crippen molar-refractivity contribution in [1.29, 1.82) is 0 Å². The van der Waals surface area contributed by atoms with Gasteiger partial charge in [0, 0.05) is 0 Å². The van der Waals surface area contributed by atoms with Gasteiger partial charge in [0.05, 0.1) is 6.10 Å². The van der Waals surface area contributed by atoms with Crippen molar-refractivity contribution in [3.63, 3.8) is 0 Å². The highest BCUT2D eigenvalue weighted by molar-refractivity contribution is 5.35. The summed E-state index contributed by atoms with van der Waals surface area (Å²) in [4.78, 5) is 0. The molecule has 0 radical (unpaired) electrons. The highest BCUT2D eigenvalue weighted by Gasteiger charge is 2.18. The van der Waals surface area contributed by atoms with Crippen LogP contribution in [0.1, 0.15) is 45.1 Å². The van der Waals surface area contributed by atoms with Crippen molar-refractivity contribution < 1.29 is 4.74 Å². The molecule has 0 amide bonds. The van der Waals surface area contributed by atoms with Gasteiger partial charge in [-0.1, -0.05) is 38.5 Å². The van der Waals surface area contributed by atoms with Crippen molar-refractivity contribution >= 4 is 0 Å². The van der Waals surface area contributed by atoms with Gasteiger partial charge < -0.3 is 4.74 Å². The molecule has 0 fully saturated rings. The molecule has 0 aromatic heterocycles. The molecular weight excluding hydrogens is 196 g/mol. The van der Waals surface area contributed by atoms with Crippen molar-refractivity contribution in [2.75, 3.05) is 0 Å². The van der Waals surface area contributed by atoms with E-state index in [1.54, 1.807) is 0 Å². The second-order valence-corrected chi connectivity index (χ2v) is 5.21. The Bertz CT molecular complexity index is 330. The Morgan fingerprint density at radius 2 is 2.12 bits per heavy atom. The summed E-state index contributed by atoms with van der Waals surface area (Å²) in [6.45, 7) is 4.58. The largest absolute Gasteiger partial charge is 0.490 e. The maximum Gasteiger partial charge on any atom is 0.122 e. The van der Waals surface area contributed by atoms with E-state index in [4.69, 9.17) is 4.74 Å². The van der Waals surface area contributed by atoms with Crippen LogP contribution in [0.15, 0.2) is 24.3 Å². The van der Waals surface area contributed by atoms with Crippen LogP contribution >= 0.6 is 0 Å². The fourth-order valence-corrected chi connectivity index (χ4v) is 2.34. The van der Waals surface area contributed by atoms with Crippen LogP contribution in [0.2, 0.25) is 0 Å². The third kappa shape index (κ3) is 3.01. The molecule has 16 heavy (non-hydrogen) atoms. The van der Waals surface area contributed by atoms with Gasteiger partial charge in [0.15, 0.2) is 0 Å². The van der Waals surface area contributed by atoms with Crippen molar-refractivity contribution in [1.82, 2.24) is 0 Å². The second-order valence-electron chi connectivity index (χ2n) is 5.21. The highest BCUT2D eigenvalue weighted by Crippen LogP contribution is 2.29. The van der Waals surface area contributed by atoms with Gasteiger partial charge >= 0.3 is 0 Å². The molecule has 0 spiro atoms. The number of para-hydroxylation sites is 1. The third-order valence-corrected chi connectivity index (χ3v) is 3.31. The van der Waals surface area contributed by atoms with Crippen LogP contribution in [0.3, 0.4) is 0 Å². The van der Waals surface area contributed by atoms with E-state index in [9.17, 15) is 0 Å². The van der Waals surface area contributed by atoms with Crippen LogP contribution in [0.4, 0.5) is 0 Å². The Labute approximate surface area is 98.8 Å². The molecule has 1 aliphatic heterocycles. The molecule has 1 atom stereocenters. The van der Waals surface area contributed by atoms with Crippen LogP contribution in [-0.2, 0) is 6.42 Å². The monoisotopic (exact) mass is 218 g/mol. The lowest BCUT2D eigenvalue weighted by Gasteiger charge is -2.26. The van der Waals surface area contributed by atoms with Gasteiger partial charge in [-0.25, -0.2) is 0 Å². The van der Waals surface area contributed by atoms with Crippen molar-refractivity contribution in [2.24, 2.45) is 5.92 Å². The minimum atomic E-state index is 0.452. The van der Waals surface area contributed by atoms with E-state index in [1.165, 1.54) is 37.7 Å². The van der Waals surface area contributed by atoms with E-state index in [1.807, 2.05) is 0 Å². The molecule has 0 bridgehead atoms. The molecule has 1 aromatic rings. The fourth-order valence-electron chi connectivity index (χ4n) is 2.34. The summed E-state index contributed by atoms with van der Waals surface area (Å²) in [6.07, 6.45) is 6.66. The number of ether oxygens (including phenoxy) is 1. The molecule has 1 heteroatoms. The number of fused-ring (bicyclic) bond motifs is 1. The molecule has 0 unspecified atom stereocenters. The van der Waals surface area contributed by atoms with Crippen LogP contribution in [0.5, 0.6) is 5.75 Å². The highest BCUT2D eigenvalue weighted by atomic mass is 16.5. The fraction of sp³-hybridized carbons (Fsp3) is 0.600. The number of aryl methyl sites for hydroxylation is 1. The van der Waals surface area contributed by atoms with Gasteiger partial charge in [-0.05, 0) is 43.2 Å². The molecule has 0 N–H and O–H groups in total. The average molecular weight is 218 g/mol. The van der Waals surface area contributed by atoms with E-state index >= 15 is 0 Å². The van der Waals surface area contributed by atoms with Gasteiger partial charge in [-0.3, -0.25) is 0 Å². The summed E-state index contributed by atoms with van der Waals surface area (Å²) in [5.74, 6) is 1.93. The van der Waals surface area contributed by atoms with Gasteiger partial charge in [0.25, 0.3) is 0 Å². The van der Waals surface area contributed by atoms with E-state index in [0.717, 1.165) is 11.7 Å². The summed E-state index contributed by atoms with van der Waals surface area (Å²) in [7, 11) is 0. The van der Waals surface area contributed by atoms with Crippen LogP contribution in [0.25, 0.3) is 0 Å². The Morgan fingerprint density at radius 3 is 2.94 bits per heavy atom.